The largest absolute Gasteiger partial charge is 0.378 e. The van der Waals surface area contributed by atoms with Crippen molar-refractivity contribution in [2.45, 2.75) is 6.54 Å². The van der Waals surface area contributed by atoms with Crippen LogP contribution in [-0.4, -0.2) is 29.0 Å². The van der Waals surface area contributed by atoms with Gasteiger partial charge in [0.25, 0.3) is 0 Å². The number of rotatable bonds is 7. The third-order valence-corrected chi connectivity index (χ3v) is 4.61. The summed E-state index contributed by atoms with van der Waals surface area (Å²) in [6.07, 6.45) is 1.79. The highest BCUT2D eigenvalue weighted by Gasteiger charge is 2.08. The van der Waals surface area contributed by atoms with Gasteiger partial charge in [0.2, 0.25) is 5.95 Å². The monoisotopic (exact) mass is 396 g/mol. The van der Waals surface area contributed by atoms with Crippen molar-refractivity contribution in [3.05, 3.63) is 90.8 Å². The van der Waals surface area contributed by atoms with Gasteiger partial charge >= 0.3 is 0 Å². The summed E-state index contributed by atoms with van der Waals surface area (Å²) in [5, 5.41) is 6.68. The van der Waals surface area contributed by atoms with E-state index in [1.54, 1.807) is 6.20 Å². The van der Waals surface area contributed by atoms with Gasteiger partial charge in [-0.15, -0.1) is 0 Å². The van der Waals surface area contributed by atoms with Gasteiger partial charge in [-0.1, -0.05) is 36.4 Å². The Labute approximate surface area is 176 Å². The van der Waals surface area contributed by atoms with E-state index in [-0.39, 0.29) is 0 Å². The summed E-state index contributed by atoms with van der Waals surface area (Å²) in [5.41, 5.74) is 4.90. The van der Waals surface area contributed by atoms with Crippen molar-refractivity contribution in [1.29, 1.82) is 0 Å². The van der Waals surface area contributed by atoms with Gasteiger partial charge in [-0.05, 0) is 36.4 Å². The van der Waals surface area contributed by atoms with Crippen LogP contribution in [0.3, 0.4) is 0 Å². The molecule has 4 rings (SSSR count). The van der Waals surface area contributed by atoms with Crippen molar-refractivity contribution < 1.29 is 0 Å². The normalized spacial score (nSPS) is 10.5. The minimum atomic E-state index is 0.539. The molecule has 2 heterocycles. The van der Waals surface area contributed by atoms with E-state index in [0.717, 1.165) is 34.1 Å². The van der Waals surface area contributed by atoms with Gasteiger partial charge in [-0.3, -0.25) is 4.98 Å². The van der Waals surface area contributed by atoms with Crippen LogP contribution >= 0.6 is 0 Å². The van der Waals surface area contributed by atoms with Crippen LogP contribution in [0.25, 0.3) is 11.3 Å². The molecular formula is C24H24N6. The number of pyridine rings is 1. The van der Waals surface area contributed by atoms with Crippen LogP contribution < -0.4 is 15.5 Å². The quantitative estimate of drug-likeness (QED) is 0.460. The number of anilines is 4. The van der Waals surface area contributed by atoms with Gasteiger partial charge < -0.3 is 15.5 Å². The van der Waals surface area contributed by atoms with Gasteiger partial charge in [0, 0.05) is 43.3 Å². The van der Waals surface area contributed by atoms with E-state index in [1.165, 1.54) is 0 Å². The third kappa shape index (κ3) is 4.91. The van der Waals surface area contributed by atoms with Crippen LogP contribution in [-0.2, 0) is 6.54 Å². The first kappa shape index (κ1) is 19.4. The van der Waals surface area contributed by atoms with E-state index < -0.39 is 0 Å². The first-order valence-electron chi connectivity index (χ1n) is 9.80. The molecule has 0 amide bonds. The zero-order valence-corrected chi connectivity index (χ0v) is 17.1. The number of aromatic nitrogens is 3. The van der Waals surface area contributed by atoms with E-state index in [9.17, 15) is 0 Å². The molecule has 6 nitrogen and oxygen atoms in total. The molecule has 4 aromatic rings. The van der Waals surface area contributed by atoms with Gasteiger partial charge in [-0.2, -0.15) is 4.98 Å². The molecule has 0 saturated carbocycles. The molecule has 0 atom stereocenters. The summed E-state index contributed by atoms with van der Waals surface area (Å²) < 4.78 is 0. The Kier molecular flexibility index (Phi) is 5.85. The number of hydrogen-bond donors (Lipinski definition) is 2. The van der Waals surface area contributed by atoms with Crippen LogP contribution in [0.2, 0.25) is 0 Å². The molecule has 0 aliphatic heterocycles. The van der Waals surface area contributed by atoms with Crippen LogP contribution in [0.5, 0.6) is 0 Å². The van der Waals surface area contributed by atoms with Crippen LogP contribution in [0.15, 0.2) is 85.1 Å². The molecule has 150 valence electrons. The molecule has 0 bridgehead atoms. The van der Waals surface area contributed by atoms with Crippen LogP contribution in [0, 0.1) is 0 Å². The standard InChI is InChI=1S/C24H24N6/c1-30(2)21-13-11-19(12-14-21)27-24-28-22(18-8-4-3-5-9-18)16-23(29-24)26-17-20-10-6-7-15-25-20/h3-16H,17H2,1-2H3,(H2,26,27,28,29). The number of hydrogen-bond acceptors (Lipinski definition) is 6. The van der Waals surface area contributed by atoms with Crippen LogP contribution in [0.4, 0.5) is 23.1 Å². The highest BCUT2D eigenvalue weighted by atomic mass is 15.1. The molecule has 0 spiro atoms. The second-order valence-electron chi connectivity index (χ2n) is 7.07. The Morgan fingerprint density at radius 2 is 1.60 bits per heavy atom. The molecule has 2 aromatic heterocycles. The second kappa shape index (κ2) is 9.05. The third-order valence-electron chi connectivity index (χ3n) is 4.61. The second-order valence-corrected chi connectivity index (χ2v) is 7.07. The lowest BCUT2D eigenvalue weighted by Crippen LogP contribution is -2.08. The Morgan fingerprint density at radius 1 is 0.833 bits per heavy atom. The van der Waals surface area contributed by atoms with E-state index in [0.29, 0.717) is 12.5 Å². The molecule has 2 aromatic carbocycles. The smallest absolute Gasteiger partial charge is 0.229 e. The lowest BCUT2D eigenvalue weighted by Gasteiger charge is -2.14. The van der Waals surface area contributed by atoms with E-state index in [2.05, 4.69) is 37.6 Å². The summed E-state index contributed by atoms with van der Waals surface area (Å²) in [4.78, 5) is 15.8. The fraction of sp³-hybridized carbons (Fsp3) is 0.125. The Bertz CT molecular complexity index is 1080. The molecule has 0 fully saturated rings. The lowest BCUT2D eigenvalue weighted by molar-refractivity contribution is 1.02. The first-order valence-corrected chi connectivity index (χ1v) is 9.80. The molecular weight excluding hydrogens is 372 g/mol. The molecule has 0 radical (unpaired) electrons. The predicted octanol–water partition coefficient (Wildman–Crippen LogP) is 4.96. The zero-order chi connectivity index (χ0) is 20.8. The highest BCUT2D eigenvalue weighted by molar-refractivity contribution is 5.66. The van der Waals surface area contributed by atoms with Crippen molar-refractivity contribution in [2.75, 3.05) is 29.6 Å². The Balaban J connectivity index is 1.61. The zero-order valence-electron chi connectivity index (χ0n) is 17.1. The number of nitrogens with one attached hydrogen (secondary N) is 2. The van der Waals surface area contributed by atoms with Gasteiger partial charge in [0.05, 0.1) is 17.9 Å². The summed E-state index contributed by atoms with van der Waals surface area (Å²) >= 11 is 0. The summed E-state index contributed by atoms with van der Waals surface area (Å²) in [6, 6.07) is 26.1. The number of benzene rings is 2. The van der Waals surface area contributed by atoms with Gasteiger partial charge in [0.1, 0.15) is 5.82 Å². The fourth-order valence-corrected chi connectivity index (χ4v) is 3.01. The average Bonchev–Trinajstić information content (AvgIpc) is 2.79. The molecule has 6 heteroatoms. The van der Waals surface area contributed by atoms with Crippen molar-refractivity contribution in [1.82, 2.24) is 15.0 Å². The minimum Gasteiger partial charge on any atom is -0.378 e. The van der Waals surface area contributed by atoms with Crippen molar-refractivity contribution >= 4 is 23.1 Å². The molecule has 30 heavy (non-hydrogen) atoms. The molecule has 0 aliphatic carbocycles. The molecule has 2 N–H and O–H groups in total. The maximum atomic E-state index is 4.72. The molecule has 0 unspecified atom stereocenters. The topological polar surface area (TPSA) is 66.0 Å². The number of nitrogens with zero attached hydrogens (tertiary/aromatic N) is 4. The summed E-state index contributed by atoms with van der Waals surface area (Å²) in [7, 11) is 4.04. The van der Waals surface area contributed by atoms with Crippen molar-refractivity contribution in [2.24, 2.45) is 0 Å². The Morgan fingerprint density at radius 3 is 2.30 bits per heavy atom. The Hall–Kier alpha value is -3.93. The lowest BCUT2D eigenvalue weighted by atomic mass is 10.1. The summed E-state index contributed by atoms with van der Waals surface area (Å²) in [6.45, 7) is 0.586. The first-order chi connectivity index (χ1) is 14.7. The van der Waals surface area contributed by atoms with E-state index in [1.807, 2.05) is 80.8 Å². The average molecular weight is 396 g/mol. The summed E-state index contributed by atoms with van der Waals surface area (Å²) in [5.74, 6) is 1.28. The fourth-order valence-electron chi connectivity index (χ4n) is 3.01. The van der Waals surface area contributed by atoms with Crippen molar-refractivity contribution in [3.8, 4) is 11.3 Å². The van der Waals surface area contributed by atoms with E-state index in [4.69, 9.17) is 4.98 Å². The van der Waals surface area contributed by atoms with E-state index >= 15 is 0 Å². The van der Waals surface area contributed by atoms with Gasteiger partial charge in [-0.25, -0.2) is 4.98 Å². The molecule has 0 aliphatic rings. The van der Waals surface area contributed by atoms with Crippen LogP contribution in [0.1, 0.15) is 5.69 Å². The maximum Gasteiger partial charge on any atom is 0.229 e. The van der Waals surface area contributed by atoms with Gasteiger partial charge in [0.15, 0.2) is 0 Å². The predicted molar refractivity (Wildman–Crippen MR) is 123 cm³/mol. The SMILES string of the molecule is CN(C)c1ccc(Nc2nc(NCc3ccccn3)cc(-c3ccccc3)n2)cc1. The molecule has 0 saturated heterocycles. The maximum absolute atomic E-state index is 4.72. The highest BCUT2D eigenvalue weighted by Crippen LogP contribution is 2.24. The van der Waals surface area contributed by atoms with Crippen molar-refractivity contribution in [3.63, 3.8) is 0 Å². The minimum absolute atomic E-state index is 0.539.